The van der Waals surface area contributed by atoms with Crippen LogP contribution in [0.2, 0.25) is 0 Å². The predicted molar refractivity (Wildman–Crippen MR) is 88.5 cm³/mol. The molecule has 3 atom stereocenters. The second kappa shape index (κ2) is 6.61. The van der Waals surface area contributed by atoms with E-state index in [4.69, 9.17) is 0 Å². The van der Waals surface area contributed by atoms with E-state index in [-0.39, 0.29) is 5.78 Å². The van der Waals surface area contributed by atoms with Gasteiger partial charge in [0, 0.05) is 20.4 Å². The molecule has 1 saturated carbocycles. The lowest BCUT2D eigenvalue weighted by Crippen LogP contribution is -2.25. The van der Waals surface area contributed by atoms with Crippen molar-refractivity contribution >= 4 is 43.6 Å². The molecule has 1 N–H and O–H groups in total. The van der Waals surface area contributed by atoms with Crippen LogP contribution in [0.5, 0.6) is 0 Å². The molecular formula is C16H18Br2O3. The van der Waals surface area contributed by atoms with Crippen molar-refractivity contribution in [3.8, 4) is 0 Å². The molecule has 1 aromatic carbocycles. The van der Waals surface area contributed by atoms with E-state index >= 15 is 0 Å². The van der Waals surface area contributed by atoms with Crippen LogP contribution in [0, 0.1) is 24.7 Å². The first-order chi connectivity index (χ1) is 9.85. The molecule has 3 unspecified atom stereocenters. The average molecular weight is 418 g/mol. The third-order valence-corrected chi connectivity index (χ3v) is 5.92. The molecule has 1 aliphatic carbocycles. The standard InChI is InChI=1S/C16H18Br2O3/c1-3-9-5-10(11(6-9)16(20)21)15(19)12-7-13(17)8(2)4-14(12)18/h4,7,9-11H,3,5-6H2,1-2H3,(H,20,21). The van der Waals surface area contributed by atoms with Crippen molar-refractivity contribution in [1.29, 1.82) is 0 Å². The highest BCUT2D eigenvalue weighted by molar-refractivity contribution is 9.11. The largest absolute Gasteiger partial charge is 0.481 e. The Bertz CT molecular complexity index is 583. The number of halogens is 2. The van der Waals surface area contributed by atoms with E-state index in [0.29, 0.717) is 24.3 Å². The van der Waals surface area contributed by atoms with E-state index < -0.39 is 17.8 Å². The third-order valence-electron chi connectivity index (χ3n) is 4.41. The summed E-state index contributed by atoms with van der Waals surface area (Å²) in [7, 11) is 0. The average Bonchev–Trinajstić information content (AvgIpc) is 2.86. The zero-order valence-corrected chi connectivity index (χ0v) is 15.2. The minimum Gasteiger partial charge on any atom is -0.481 e. The number of carbonyl (C=O) groups excluding carboxylic acids is 1. The monoisotopic (exact) mass is 416 g/mol. The molecule has 0 amide bonds. The Morgan fingerprint density at radius 3 is 2.38 bits per heavy atom. The molecular weight excluding hydrogens is 400 g/mol. The Labute approximate surface area is 141 Å². The summed E-state index contributed by atoms with van der Waals surface area (Å²) in [6.07, 6.45) is 2.20. The molecule has 0 aliphatic heterocycles. The van der Waals surface area contributed by atoms with Gasteiger partial charge < -0.3 is 5.11 Å². The molecule has 1 fully saturated rings. The summed E-state index contributed by atoms with van der Waals surface area (Å²) in [6.45, 7) is 4.00. The number of carboxylic acid groups (broad SMARTS) is 1. The number of carboxylic acids is 1. The number of ketones is 1. The molecule has 0 bridgehead atoms. The second-order valence-electron chi connectivity index (χ2n) is 5.74. The van der Waals surface area contributed by atoms with Crippen LogP contribution < -0.4 is 0 Å². The quantitative estimate of drug-likeness (QED) is 0.713. The normalized spacial score (nSPS) is 25.0. The molecule has 21 heavy (non-hydrogen) atoms. The fourth-order valence-corrected chi connectivity index (χ4v) is 4.07. The minimum atomic E-state index is -0.855. The van der Waals surface area contributed by atoms with Crippen molar-refractivity contribution in [2.75, 3.05) is 0 Å². The topological polar surface area (TPSA) is 54.4 Å². The summed E-state index contributed by atoms with van der Waals surface area (Å²) < 4.78 is 1.60. The van der Waals surface area contributed by atoms with Crippen molar-refractivity contribution in [3.63, 3.8) is 0 Å². The number of benzene rings is 1. The van der Waals surface area contributed by atoms with Gasteiger partial charge in [-0.2, -0.15) is 0 Å². The van der Waals surface area contributed by atoms with Crippen LogP contribution in [0.25, 0.3) is 0 Å². The van der Waals surface area contributed by atoms with Gasteiger partial charge in [0.05, 0.1) is 5.92 Å². The highest BCUT2D eigenvalue weighted by Gasteiger charge is 2.42. The van der Waals surface area contributed by atoms with Crippen LogP contribution in [0.3, 0.4) is 0 Å². The molecule has 0 aromatic heterocycles. The number of Topliss-reactive ketones (excluding diaryl/α,β-unsaturated/α-hetero) is 1. The smallest absolute Gasteiger partial charge is 0.307 e. The number of rotatable bonds is 4. The lowest BCUT2D eigenvalue weighted by molar-refractivity contribution is -0.142. The Morgan fingerprint density at radius 1 is 1.19 bits per heavy atom. The van der Waals surface area contributed by atoms with Crippen molar-refractivity contribution in [2.24, 2.45) is 17.8 Å². The van der Waals surface area contributed by atoms with Crippen molar-refractivity contribution in [3.05, 3.63) is 32.2 Å². The van der Waals surface area contributed by atoms with Crippen molar-refractivity contribution in [2.45, 2.75) is 33.1 Å². The molecule has 5 heteroatoms. The molecule has 0 saturated heterocycles. The van der Waals surface area contributed by atoms with E-state index in [1.54, 1.807) is 6.07 Å². The Morgan fingerprint density at radius 2 is 1.81 bits per heavy atom. The highest BCUT2D eigenvalue weighted by atomic mass is 79.9. The van der Waals surface area contributed by atoms with Crippen LogP contribution in [-0.4, -0.2) is 16.9 Å². The van der Waals surface area contributed by atoms with E-state index in [1.165, 1.54) is 0 Å². The molecule has 2 rings (SSSR count). The summed E-state index contributed by atoms with van der Waals surface area (Å²) in [5, 5.41) is 9.39. The van der Waals surface area contributed by atoms with Gasteiger partial charge >= 0.3 is 5.97 Å². The number of aryl methyl sites for hydroxylation is 1. The van der Waals surface area contributed by atoms with E-state index in [9.17, 15) is 14.7 Å². The molecule has 0 spiro atoms. The molecule has 3 nitrogen and oxygen atoms in total. The van der Waals surface area contributed by atoms with E-state index in [2.05, 4.69) is 38.8 Å². The predicted octanol–water partition coefficient (Wildman–Crippen LogP) is 4.84. The lowest BCUT2D eigenvalue weighted by atomic mass is 9.88. The highest BCUT2D eigenvalue weighted by Crippen LogP contribution is 2.41. The van der Waals surface area contributed by atoms with Gasteiger partial charge in [-0.3, -0.25) is 9.59 Å². The summed E-state index contributed by atoms with van der Waals surface area (Å²) in [4.78, 5) is 24.2. The van der Waals surface area contributed by atoms with E-state index in [1.807, 2.05) is 13.0 Å². The minimum absolute atomic E-state index is 0.0640. The second-order valence-corrected chi connectivity index (χ2v) is 7.45. The first-order valence-electron chi connectivity index (χ1n) is 7.07. The third kappa shape index (κ3) is 3.39. The number of hydrogen-bond acceptors (Lipinski definition) is 2. The Hall–Kier alpha value is -0.680. The van der Waals surface area contributed by atoms with Gasteiger partial charge in [-0.15, -0.1) is 0 Å². The van der Waals surface area contributed by atoms with Crippen LogP contribution in [-0.2, 0) is 4.79 Å². The maximum absolute atomic E-state index is 12.8. The number of carbonyl (C=O) groups is 2. The summed E-state index contributed by atoms with van der Waals surface area (Å²) in [6, 6.07) is 3.68. The van der Waals surface area contributed by atoms with Gasteiger partial charge in [0.15, 0.2) is 5.78 Å². The Kier molecular flexibility index (Phi) is 5.25. The molecule has 0 radical (unpaired) electrons. The zero-order valence-electron chi connectivity index (χ0n) is 12.0. The van der Waals surface area contributed by atoms with Crippen molar-refractivity contribution < 1.29 is 14.7 Å². The molecule has 1 aromatic rings. The maximum Gasteiger partial charge on any atom is 0.307 e. The maximum atomic E-state index is 12.8. The Balaban J connectivity index is 2.34. The first kappa shape index (κ1) is 16.7. The molecule has 114 valence electrons. The summed E-state index contributed by atoms with van der Waals surface area (Å²) >= 11 is 6.87. The van der Waals surface area contributed by atoms with Gasteiger partial charge in [0.2, 0.25) is 0 Å². The molecule has 0 heterocycles. The number of aliphatic carboxylic acids is 1. The van der Waals surface area contributed by atoms with Crippen LogP contribution in [0.4, 0.5) is 0 Å². The van der Waals surface area contributed by atoms with Crippen molar-refractivity contribution in [1.82, 2.24) is 0 Å². The number of hydrogen-bond donors (Lipinski definition) is 1. The van der Waals surface area contributed by atoms with Gasteiger partial charge in [-0.25, -0.2) is 0 Å². The van der Waals surface area contributed by atoms with Crippen LogP contribution in [0.15, 0.2) is 21.1 Å². The van der Waals surface area contributed by atoms with Crippen LogP contribution in [0.1, 0.15) is 42.1 Å². The van der Waals surface area contributed by atoms with E-state index in [0.717, 1.165) is 20.9 Å². The first-order valence-corrected chi connectivity index (χ1v) is 8.66. The fraction of sp³-hybridized carbons (Fsp3) is 0.500. The molecule has 1 aliphatic rings. The van der Waals surface area contributed by atoms with Gasteiger partial charge in [-0.05, 0) is 43.4 Å². The van der Waals surface area contributed by atoms with Crippen LogP contribution >= 0.6 is 31.9 Å². The van der Waals surface area contributed by atoms with Gasteiger partial charge in [-0.1, -0.05) is 45.2 Å². The van der Waals surface area contributed by atoms with Gasteiger partial charge in [0.1, 0.15) is 0 Å². The fourth-order valence-electron chi connectivity index (χ4n) is 3.07. The summed E-state index contributed by atoms with van der Waals surface area (Å²) in [5.74, 6) is -1.57. The zero-order chi connectivity index (χ0) is 15.7. The van der Waals surface area contributed by atoms with Gasteiger partial charge in [0.25, 0.3) is 0 Å². The summed E-state index contributed by atoms with van der Waals surface area (Å²) in [5.41, 5.74) is 1.60. The SMILES string of the molecule is CCC1CC(C(=O)O)C(C(=O)c2cc(Br)c(C)cc2Br)C1. The lowest BCUT2D eigenvalue weighted by Gasteiger charge is -2.16.